The molecule has 26 heavy (non-hydrogen) atoms. The second-order valence-corrected chi connectivity index (χ2v) is 6.81. The minimum absolute atomic E-state index is 0.125. The minimum atomic E-state index is -0.550. The summed E-state index contributed by atoms with van der Waals surface area (Å²) in [6, 6.07) is 3.94. The number of aromatic nitrogens is 1. The molecule has 2 saturated heterocycles. The number of nitrogens with one attached hydrogen (secondary N) is 1. The van der Waals surface area contributed by atoms with Gasteiger partial charge in [-0.2, -0.15) is 0 Å². The first-order valence-electron chi connectivity index (χ1n) is 9.33. The number of carbonyl (C=O) groups is 1. The van der Waals surface area contributed by atoms with Gasteiger partial charge in [0.15, 0.2) is 0 Å². The molecule has 140 valence electrons. The van der Waals surface area contributed by atoms with E-state index in [9.17, 15) is 9.59 Å². The maximum absolute atomic E-state index is 12.3. The Kier molecular flexibility index (Phi) is 6.77. The van der Waals surface area contributed by atoms with Gasteiger partial charge in [-0.15, -0.1) is 5.06 Å². The topological polar surface area (TPSA) is 74.8 Å². The molecule has 0 aromatic carbocycles. The number of carbonyl (C=O) groups excluding carboxylic acids is 2. The average Bonchev–Trinajstić information content (AvgIpc) is 2.70. The van der Waals surface area contributed by atoms with E-state index in [4.69, 9.17) is 4.84 Å². The van der Waals surface area contributed by atoms with Crippen molar-refractivity contribution in [3.63, 3.8) is 0 Å². The van der Waals surface area contributed by atoms with Crippen LogP contribution >= 0.6 is 0 Å². The van der Waals surface area contributed by atoms with Gasteiger partial charge in [-0.25, -0.2) is 9.59 Å². The van der Waals surface area contributed by atoms with Crippen molar-refractivity contribution in [3.8, 4) is 0 Å². The third-order valence-corrected chi connectivity index (χ3v) is 5.11. The van der Waals surface area contributed by atoms with Crippen LogP contribution in [0.5, 0.6) is 0 Å². The maximum Gasteiger partial charge on any atom is 0.364 e. The Morgan fingerprint density at radius 3 is 2.54 bits per heavy atom. The highest BCUT2D eigenvalue weighted by Crippen LogP contribution is 2.21. The van der Waals surface area contributed by atoms with Crippen molar-refractivity contribution in [2.24, 2.45) is 5.92 Å². The van der Waals surface area contributed by atoms with Gasteiger partial charge in [-0.05, 0) is 56.8 Å². The molecule has 1 aromatic heterocycles. The third-order valence-electron chi connectivity index (χ3n) is 5.11. The molecule has 0 bridgehead atoms. The zero-order valence-corrected chi connectivity index (χ0v) is 15.0. The molecule has 0 saturated carbocycles. The van der Waals surface area contributed by atoms with Crippen LogP contribution in [0.1, 0.15) is 25.7 Å². The molecule has 0 spiro atoms. The van der Waals surface area contributed by atoms with E-state index < -0.39 is 5.97 Å². The summed E-state index contributed by atoms with van der Waals surface area (Å²) in [5.41, 5.74) is 1.24. The van der Waals surface area contributed by atoms with Gasteiger partial charge in [0.1, 0.15) is 11.5 Å². The van der Waals surface area contributed by atoms with Crippen molar-refractivity contribution >= 4 is 17.6 Å². The van der Waals surface area contributed by atoms with Crippen LogP contribution in [0.4, 0.5) is 5.69 Å². The van der Waals surface area contributed by atoms with E-state index in [-0.39, 0.29) is 5.57 Å². The van der Waals surface area contributed by atoms with Gasteiger partial charge in [0.25, 0.3) is 0 Å². The highest BCUT2D eigenvalue weighted by Gasteiger charge is 2.23. The lowest BCUT2D eigenvalue weighted by Gasteiger charge is -2.34. The fourth-order valence-corrected chi connectivity index (χ4v) is 3.48. The van der Waals surface area contributed by atoms with Crippen LogP contribution in [0.3, 0.4) is 0 Å². The third kappa shape index (κ3) is 5.14. The molecule has 7 heteroatoms. The van der Waals surface area contributed by atoms with Gasteiger partial charge < -0.3 is 15.1 Å². The molecule has 0 radical (unpaired) electrons. The molecular weight excluding hydrogens is 332 g/mol. The van der Waals surface area contributed by atoms with Gasteiger partial charge in [0.2, 0.25) is 0 Å². The number of piperazine rings is 1. The number of hydroxylamine groups is 2. The summed E-state index contributed by atoms with van der Waals surface area (Å²) in [5, 5.41) is 4.96. The fraction of sp³-hybridized carbons (Fsp3) is 0.579. The van der Waals surface area contributed by atoms with Gasteiger partial charge in [0, 0.05) is 31.2 Å². The normalized spacial score (nSPS) is 19.0. The summed E-state index contributed by atoms with van der Waals surface area (Å²) in [4.78, 5) is 35.1. The lowest BCUT2D eigenvalue weighted by molar-refractivity contribution is -0.186. The zero-order chi connectivity index (χ0) is 18.2. The predicted molar refractivity (Wildman–Crippen MR) is 98.1 cm³/mol. The van der Waals surface area contributed by atoms with Crippen LogP contribution < -0.4 is 10.2 Å². The number of anilines is 1. The predicted octanol–water partition coefficient (Wildman–Crippen LogP) is 1.20. The van der Waals surface area contributed by atoms with E-state index >= 15 is 0 Å². The Bertz CT molecular complexity index is 631. The summed E-state index contributed by atoms with van der Waals surface area (Å²) in [6.45, 7) is 4.75. The molecule has 0 atom stereocenters. The molecule has 0 unspecified atom stereocenters. The summed E-state index contributed by atoms with van der Waals surface area (Å²) in [7, 11) is 0. The first kappa shape index (κ1) is 18.6. The quantitative estimate of drug-likeness (QED) is 0.605. The van der Waals surface area contributed by atoms with Crippen LogP contribution in [-0.4, -0.2) is 61.2 Å². The Morgan fingerprint density at radius 2 is 1.88 bits per heavy atom. The first-order valence-corrected chi connectivity index (χ1v) is 9.33. The van der Waals surface area contributed by atoms with E-state index in [2.05, 4.69) is 15.2 Å². The minimum Gasteiger partial charge on any atom is -0.369 e. The zero-order valence-electron chi connectivity index (χ0n) is 15.0. The molecule has 1 aromatic rings. The van der Waals surface area contributed by atoms with Crippen LogP contribution in [-0.2, 0) is 14.4 Å². The van der Waals surface area contributed by atoms with E-state index in [1.165, 1.54) is 0 Å². The van der Waals surface area contributed by atoms with Crippen molar-refractivity contribution in [1.29, 1.82) is 0 Å². The molecule has 2 fully saturated rings. The molecule has 2 aliphatic rings. The maximum atomic E-state index is 12.3. The monoisotopic (exact) mass is 358 g/mol. The van der Waals surface area contributed by atoms with Crippen LogP contribution in [0.2, 0.25) is 0 Å². The SMILES string of the molecule is O=C=C(CCC1CCNCC1)C(=O)ON1CCN(c2ccncc2)CC1. The number of pyridine rings is 1. The van der Waals surface area contributed by atoms with Gasteiger partial charge in [0.05, 0.1) is 13.1 Å². The lowest BCUT2D eigenvalue weighted by Crippen LogP contribution is -2.47. The standard InChI is InChI=1S/C19H26N4O3/c24-15-17(2-1-16-3-7-20-8-4-16)19(25)26-23-13-11-22(12-14-23)18-5-9-21-10-6-18/h5-6,9-10,16,20H,1-4,7-8,11-14H2. The number of rotatable bonds is 6. The molecule has 3 heterocycles. The van der Waals surface area contributed by atoms with Crippen molar-refractivity contribution in [2.75, 3.05) is 44.2 Å². The lowest BCUT2D eigenvalue weighted by atomic mass is 9.91. The summed E-state index contributed by atoms with van der Waals surface area (Å²) in [5.74, 6) is 1.81. The summed E-state index contributed by atoms with van der Waals surface area (Å²) >= 11 is 0. The molecule has 2 aliphatic heterocycles. The second-order valence-electron chi connectivity index (χ2n) is 6.81. The molecule has 7 nitrogen and oxygen atoms in total. The molecule has 0 amide bonds. The fourth-order valence-electron chi connectivity index (χ4n) is 3.48. The highest BCUT2D eigenvalue weighted by molar-refractivity contribution is 5.96. The molecular formula is C19H26N4O3. The summed E-state index contributed by atoms with van der Waals surface area (Å²) < 4.78 is 0. The van der Waals surface area contributed by atoms with Gasteiger partial charge in [-0.3, -0.25) is 4.98 Å². The van der Waals surface area contributed by atoms with E-state index in [1.807, 2.05) is 12.1 Å². The Hall–Kier alpha value is -2.21. The number of piperidine rings is 1. The Labute approximate surface area is 154 Å². The molecule has 1 N–H and O–H groups in total. The average molecular weight is 358 g/mol. The first-order chi connectivity index (χ1) is 12.8. The molecule has 0 aliphatic carbocycles. The van der Waals surface area contributed by atoms with Crippen LogP contribution in [0, 0.1) is 5.92 Å². The van der Waals surface area contributed by atoms with Gasteiger partial charge >= 0.3 is 5.97 Å². The molecule has 3 rings (SSSR count). The van der Waals surface area contributed by atoms with E-state index in [0.29, 0.717) is 25.4 Å². The van der Waals surface area contributed by atoms with E-state index in [1.54, 1.807) is 23.4 Å². The Morgan fingerprint density at radius 1 is 1.19 bits per heavy atom. The Balaban J connectivity index is 1.43. The summed E-state index contributed by atoms with van der Waals surface area (Å²) in [6.07, 6.45) is 7.02. The number of hydrogen-bond acceptors (Lipinski definition) is 7. The van der Waals surface area contributed by atoms with Gasteiger partial charge in [-0.1, -0.05) is 0 Å². The van der Waals surface area contributed by atoms with Crippen molar-refractivity contribution < 1.29 is 14.4 Å². The highest BCUT2D eigenvalue weighted by atomic mass is 16.7. The van der Waals surface area contributed by atoms with Crippen LogP contribution in [0.25, 0.3) is 0 Å². The van der Waals surface area contributed by atoms with E-state index in [0.717, 1.165) is 51.1 Å². The van der Waals surface area contributed by atoms with Crippen molar-refractivity contribution in [3.05, 3.63) is 30.1 Å². The smallest absolute Gasteiger partial charge is 0.364 e. The van der Waals surface area contributed by atoms with Crippen LogP contribution in [0.15, 0.2) is 30.1 Å². The van der Waals surface area contributed by atoms with Crippen molar-refractivity contribution in [1.82, 2.24) is 15.4 Å². The number of nitrogens with zero attached hydrogens (tertiary/aromatic N) is 3. The van der Waals surface area contributed by atoms with Crippen molar-refractivity contribution in [2.45, 2.75) is 25.7 Å². The largest absolute Gasteiger partial charge is 0.369 e. The number of hydrogen-bond donors (Lipinski definition) is 1. The second kappa shape index (κ2) is 9.48.